The average Bonchev–Trinajstić information content (AvgIpc) is 2.19. The third kappa shape index (κ3) is 3.27. The van der Waals surface area contributed by atoms with E-state index in [0.29, 0.717) is 12.0 Å². The van der Waals surface area contributed by atoms with Gasteiger partial charge in [-0.3, -0.25) is 0 Å². The quantitative estimate of drug-likeness (QED) is 0.713. The van der Waals surface area contributed by atoms with E-state index in [2.05, 4.69) is 13.8 Å². The molecule has 1 saturated carbocycles. The lowest BCUT2D eigenvalue weighted by Gasteiger charge is -2.37. The van der Waals surface area contributed by atoms with Crippen molar-refractivity contribution in [2.45, 2.75) is 65.2 Å². The van der Waals surface area contributed by atoms with E-state index in [1.807, 2.05) is 0 Å². The van der Waals surface area contributed by atoms with Gasteiger partial charge in [0.05, 0.1) is 0 Å². The first kappa shape index (κ1) is 12.0. The Kier molecular flexibility index (Phi) is 4.94. The molecule has 1 fully saturated rings. The van der Waals surface area contributed by atoms with Gasteiger partial charge in [-0.25, -0.2) is 0 Å². The summed E-state index contributed by atoms with van der Waals surface area (Å²) in [4.78, 5) is 0. The summed E-state index contributed by atoms with van der Waals surface area (Å²) in [6.07, 6.45) is 10.4. The van der Waals surface area contributed by atoms with Crippen molar-refractivity contribution in [2.24, 2.45) is 11.3 Å². The second-order valence-corrected chi connectivity index (χ2v) is 5.32. The Morgan fingerprint density at radius 1 is 1.21 bits per heavy atom. The summed E-state index contributed by atoms with van der Waals surface area (Å²) in [5.41, 5.74) is 0.298. The molecule has 0 amide bonds. The lowest BCUT2D eigenvalue weighted by atomic mass is 9.69. The summed E-state index contributed by atoms with van der Waals surface area (Å²) in [6, 6.07) is 0. The van der Waals surface area contributed by atoms with Gasteiger partial charge in [-0.2, -0.15) is 0 Å². The Bertz CT molecular complexity index is 147. The lowest BCUT2D eigenvalue weighted by Crippen LogP contribution is -2.30. The zero-order chi connectivity index (χ0) is 10.4. The number of hydrogen-bond acceptors (Lipinski definition) is 1. The fourth-order valence-electron chi connectivity index (χ4n) is 3.06. The highest BCUT2D eigenvalue weighted by Crippen LogP contribution is 2.41. The molecule has 1 aliphatic carbocycles. The van der Waals surface area contributed by atoms with Gasteiger partial charge in [0.15, 0.2) is 0 Å². The van der Waals surface area contributed by atoms with E-state index in [1.165, 1.54) is 51.4 Å². The van der Waals surface area contributed by atoms with Gasteiger partial charge in [0.25, 0.3) is 0 Å². The molecule has 1 aliphatic rings. The monoisotopic (exact) mass is 198 g/mol. The van der Waals surface area contributed by atoms with Gasteiger partial charge in [0, 0.05) is 6.61 Å². The molecule has 84 valence electrons. The van der Waals surface area contributed by atoms with Gasteiger partial charge in [-0.05, 0) is 30.6 Å². The van der Waals surface area contributed by atoms with Crippen molar-refractivity contribution in [3.8, 4) is 0 Å². The molecule has 0 spiro atoms. The molecule has 1 nitrogen and oxygen atoms in total. The Balaban J connectivity index is 2.42. The number of rotatable bonds is 5. The van der Waals surface area contributed by atoms with E-state index >= 15 is 0 Å². The fraction of sp³-hybridized carbons (Fsp3) is 1.00. The van der Waals surface area contributed by atoms with Crippen molar-refractivity contribution in [2.75, 3.05) is 6.61 Å². The molecular formula is C13H26O. The van der Waals surface area contributed by atoms with Crippen LogP contribution in [0.5, 0.6) is 0 Å². The molecule has 0 aromatic heterocycles. The average molecular weight is 198 g/mol. The Hall–Kier alpha value is -0.0400. The van der Waals surface area contributed by atoms with Gasteiger partial charge in [0.1, 0.15) is 0 Å². The molecule has 1 heteroatoms. The fourth-order valence-corrected chi connectivity index (χ4v) is 3.06. The summed E-state index contributed by atoms with van der Waals surface area (Å²) in [5, 5.41) is 9.56. The van der Waals surface area contributed by atoms with Gasteiger partial charge in [-0.15, -0.1) is 0 Å². The zero-order valence-electron chi connectivity index (χ0n) is 9.89. The minimum absolute atomic E-state index is 0.298. The van der Waals surface area contributed by atoms with Crippen molar-refractivity contribution in [3.63, 3.8) is 0 Å². The largest absolute Gasteiger partial charge is 0.396 e. The van der Waals surface area contributed by atoms with Crippen LogP contribution in [0, 0.1) is 11.3 Å². The zero-order valence-corrected chi connectivity index (χ0v) is 9.89. The van der Waals surface area contributed by atoms with Crippen molar-refractivity contribution < 1.29 is 5.11 Å². The molecule has 14 heavy (non-hydrogen) atoms. The van der Waals surface area contributed by atoms with Gasteiger partial charge < -0.3 is 5.11 Å². The predicted molar refractivity (Wildman–Crippen MR) is 61.3 cm³/mol. The van der Waals surface area contributed by atoms with E-state index in [4.69, 9.17) is 0 Å². The maximum atomic E-state index is 9.56. The molecule has 0 aromatic carbocycles. The van der Waals surface area contributed by atoms with Crippen LogP contribution in [-0.2, 0) is 0 Å². The second kappa shape index (κ2) is 5.75. The van der Waals surface area contributed by atoms with Gasteiger partial charge in [-0.1, -0.05) is 46.0 Å². The van der Waals surface area contributed by atoms with Gasteiger partial charge in [0.2, 0.25) is 0 Å². The molecule has 1 rings (SSSR count). The SMILES string of the molecule is CCCC(C)CC1(CO)CCCCC1. The molecule has 0 radical (unpaired) electrons. The first-order valence-electron chi connectivity index (χ1n) is 6.33. The normalized spacial score (nSPS) is 23.4. The van der Waals surface area contributed by atoms with Crippen LogP contribution in [-0.4, -0.2) is 11.7 Å². The van der Waals surface area contributed by atoms with Gasteiger partial charge >= 0.3 is 0 Å². The Morgan fingerprint density at radius 3 is 2.36 bits per heavy atom. The van der Waals surface area contributed by atoms with E-state index in [1.54, 1.807) is 0 Å². The second-order valence-electron chi connectivity index (χ2n) is 5.32. The number of aliphatic hydroxyl groups is 1. The third-order valence-corrected chi connectivity index (χ3v) is 3.81. The molecule has 1 atom stereocenters. The van der Waals surface area contributed by atoms with Crippen LogP contribution < -0.4 is 0 Å². The van der Waals surface area contributed by atoms with E-state index < -0.39 is 0 Å². The highest BCUT2D eigenvalue weighted by Gasteiger charge is 2.32. The van der Waals surface area contributed by atoms with Crippen LogP contribution in [0.1, 0.15) is 65.2 Å². The van der Waals surface area contributed by atoms with E-state index in [-0.39, 0.29) is 0 Å². The number of aliphatic hydroxyl groups excluding tert-OH is 1. The van der Waals surface area contributed by atoms with Crippen molar-refractivity contribution in [1.29, 1.82) is 0 Å². The summed E-state index contributed by atoms with van der Waals surface area (Å²) in [7, 11) is 0. The molecule has 0 heterocycles. The van der Waals surface area contributed by atoms with Crippen LogP contribution in [0.25, 0.3) is 0 Å². The standard InChI is InChI=1S/C13H26O/c1-3-7-12(2)10-13(11-14)8-5-4-6-9-13/h12,14H,3-11H2,1-2H3. The van der Waals surface area contributed by atoms with Crippen molar-refractivity contribution in [3.05, 3.63) is 0 Å². The van der Waals surface area contributed by atoms with Crippen LogP contribution in [0.3, 0.4) is 0 Å². The van der Waals surface area contributed by atoms with Crippen LogP contribution in [0.15, 0.2) is 0 Å². The lowest BCUT2D eigenvalue weighted by molar-refractivity contribution is 0.0574. The molecule has 1 N–H and O–H groups in total. The summed E-state index contributed by atoms with van der Waals surface area (Å²) in [5.74, 6) is 0.797. The summed E-state index contributed by atoms with van der Waals surface area (Å²) < 4.78 is 0. The molecule has 1 unspecified atom stereocenters. The van der Waals surface area contributed by atoms with Crippen molar-refractivity contribution in [1.82, 2.24) is 0 Å². The summed E-state index contributed by atoms with van der Waals surface area (Å²) >= 11 is 0. The smallest absolute Gasteiger partial charge is 0.0487 e. The van der Waals surface area contributed by atoms with E-state index in [9.17, 15) is 5.11 Å². The van der Waals surface area contributed by atoms with Crippen LogP contribution >= 0.6 is 0 Å². The number of hydrogen-bond donors (Lipinski definition) is 1. The molecule has 0 bridgehead atoms. The maximum absolute atomic E-state index is 9.56. The summed E-state index contributed by atoms with van der Waals surface area (Å²) in [6.45, 7) is 5.01. The molecule has 0 aliphatic heterocycles. The van der Waals surface area contributed by atoms with Crippen LogP contribution in [0.4, 0.5) is 0 Å². The molecule has 0 saturated heterocycles. The predicted octanol–water partition coefficient (Wildman–Crippen LogP) is 3.76. The highest BCUT2D eigenvalue weighted by molar-refractivity contribution is 4.83. The molecule has 0 aromatic rings. The minimum atomic E-state index is 0.298. The first-order valence-corrected chi connectivity index (χ1v) is 6.33. The Morgan fingerprint density at radius 2 is 1.86 bits per heavy atom. The van der Waals surface area contributed by atoms with E-state index in [0.717, 1.165) is 5.92 Å². The van der Waals surface area contributed by atoms with Crippen LogP contribution in [0.2, 0.25) is 0 Å². The minimum Gasteiger partial charge on any atom is -0.396 e. The maximum Gasteiger partial charge on any atom is 0.0487 e. The molecular weight excluding hydrogens is 172 g/mol. The third-order valence-electron chi connectivity index (χ3n) is 3.81. The topological polar surface area (TPSA) is 20.2 Å². The first-order chi connectivity index (χ1) is 6.72. The Labute approximate surface area is 88.9 Å². The highest BCUT2D eigenvalue weighted by atomic mass is 16.3. The van der Waals surface area contributed by atoms with Crippen molar-refractivity contribution >= 4 is 0 Å².